The molecule has 3 aromatic rings. The van der Waals surface area contributed by atoms with Gasteiger partial charge in [0.1, 0.15) is 0 Å². The molecule has 21 heavy (non-hydrogen) atoms. The minimum Gasteiger partial charge on any atom is -0.397 e. The third-order valence-corrected chi connectivity index (χ3v) is 3.52. The van der Waals surface area contributed by atoms with E-state index in [0.29, 0.717) is 11.3 Å². The standard InChI is InChI=1S/C17H14N4/c1-21(13-6-4-12(11-18)5-7-13)16-9-8-15(19)17-14(16)3-2-10-20-17/h2-10H,19H2,1H3. The van der Waals surface area contributed by atoms with E-state index < -0.39 is 0 Å². The minimum atomic E-state index is 0.649. The summed E-state index contributed by atoms with van der Waals surface area (Å²) < 4.78 is 0. The van der Waals surface area contributed by atoms with Gasteiger partial charge in [0, 0.05) is 24.3 Å². The van der Waals surface area contributed by atoms with E-state index in [1.165, 1.54) is 0 Å². The molecule has 0 spiro atoms. The molecule has 102 valence electrons. The number of nitrogens with zero attached hydrogens (tertiary/aromatic N) is 3. The predicted octanol–water partition coefficient (Wildman–Crippen LogP) is 3.46. The number of anilines is 3. The number of nitrogen functional groups attached to an aromatic ring is 1. The van der Waals surface area contributed by atoms with E-state index in [2.05, 4.69) is 16.0 Å². The molecule has 0 saturated heterocycles. The van der Waals surface area contributed by atoms with Crippen molar-refractivity contribution < 1.29 is 0 Å². The molecule has 0 bridgehead atoms. The molecule has 0 aliphatic heterocycles. The lowest BCUT2D eigenvalue weighted by atomic mass is 10.1. The molecule has 0 amide bonds. The number of benzene rings is 2. The van der Waals surface area contributed by atoms with Crippen molar-refractivity contribution in [2.75, 3.05) is 17.7 Å². The van der Waals surface area contributed by atoms with Crippen molar-refractivity contribution in [1.29, 1.82) is 5.26 Å². The Morgan fingerprint density at radius 2 is 1.86 bits per heavy atom. The van der Waals surface area contributed by atoms with Crippen molar-refractivity contribution in [2.24, 2.45) is 0 Å². The first-order valence-electron chi connectivity index (χ1n) is 6.58. The molecule has 0 atom stereocenters. The third-order valence-electron chi connectivity index (χ3n) is 3.52. The molecule has 2 aromatic carbocycles. The van der Waals surface area contributed by atoms with Gasteiger partial charge in [-0.25, -0.2) is 0 Å². The lowest BCUT2D eigenvalue weighted by Crippen LogP contribution is -2.10. The van der Waals surface area contributed by atoms with Crippen LogP contribution in [-0.4, -0.2) is 12.0 Å². The highest BCUT2D eigenvalue weighted by atomic mass is 15.1. The highest BCUT2D eigenvalue weighted by Crippen LogP contribution is 2.32. The van der Waals surface area contributed by atoms with E-state index in [1.807, 2.05) is 55.6 Å². The molecule has 4 nitrogen and oxygen atoms in total. The molecule has 1 heterocycles. The van der Waals surface area contributed by atoms with E-state index >= 15 is 0 Å². The molecule has 2 N–H and O–H groups in total. The van der Waals surface area contributed by atoms with Crippen molar-refractivity contribution in [3.8, 4) is 6.07 Å². The van der Waals surface area contributed by atoms with Crippen molar-refractivity contribution in [1.82, 2.24) is 4.98 Å². The molecule has 0 aliphatic rings. The van der Waals surface area contributed by atoms with Crippen molar-refractivity contribution in [2.45, 2.75) is 0 Å². The Balaban J connectivity index is 2.11. The summed E-state index contributed by atoms with van der Waals surface area (Å²) in [5, 5.41) is 9.87. The number of nitriles is 1. The van der Waals surface area contributed by atoms with Gasteiger partial charge in [-0.3, -0.25) is 4.98 Å². The summed E-state index contributed by atoms with van der Waals surface area (Å²) in [5.74, 6) is 0. The predicted molar refractivity (Wildman–Crippen MR) is 85.4 cm³/mol. The monoisotopic (exact) mass is 274 g/mol. The average Bonchev–Trinajstić information content (AvgIpc) is 2.55. The highest BCUT2D eigenvalue weighted by molar-refractivity contribution is 5.99. The van der Waals surface area contributed by atoms with E-state index in [0.717, 1.165) is 22.3 Å². The van der Waals surface area contributed by atoms with Crippen LogP contribution in [0.2, 0.25) is 0 Å². The quantitative estimate of drug-likeness (QED) is 0.727. The molecular formula is C17H14N4. The number of nitrogens with two attached hydrogens (primary N) is 1. The van der Waals surface area contributed by atoms with Crippen molar-refractivity contribution >= 4 is 28.0 Å². The molecule has 0 fully saturated rings. The Hall–Kier alpha value is -3.06. The van der Waals surface area contributed by atoms with Gasteiger partial charge in [-0.2, -0.15) is 5.26 Å². The Morgan fingerprint density at radius 3 is 2.57 bits per heavy atom. The Kier molecular flexibility index (Phi) is 3.17. The van der Waals surface area contributed by atoms with Crippen molar-refractivity contribution in [3.05, 3.63) is 60.3 Å². The fourth-order valence-electron chi connectivity index (χ4n) is 2.37. The molecule has 0 aliphatic carbocycles. The summed E-state index contributed by atoms with van der Waals surface area (Å²) >= 11 is 0. The maximum atomic E-state index is 8.87. The first-order chi connectivity index (χ1) is 10.2. The van der Waals surface area contributed by atoms with Gasteiger partial charge >= 0.3 is 0 Å². The van der Waals surface area contributed by atoms with Gasteiger partial charge in [-0.15, -0.1) is 0 Å². The van der Waals surface area contributed by atoms with Crippen LogP contribution in [0.4, 0.5) is 17.1 Å². The van der Waals surface area contributed by atoms with E-state index in [9.17, 15) is 0 Å². The first kappa shape index (κ1) is 12.9. The molecule has 0 saturated carbocycles. The van der Waals surface area contributed by atoms with Crippen LogP contribution in [-0.2, 0) is 0 Å². The summed E-state index contributed by atoms with van der Waals surface area (Å²) in [6.07, 6.45) is 1.74. The van der Waals surface area contributed by atoms with E-state index in [4.69, 9.17) is 11.0 Å². The third kappa shape index (κ3) is 2.26. The van der Waals surface area contributed by atoms with Gasteiger partial charge in [0.15, 0.2) is 0 Å². The lowest BCUT2D eigenvalue weighted by Gasteiger charge is -2.21. The zero-order valence-electron chi connectivity index (χ0n) is 11.6. The van der Waals surface area contributed by atoms with Crippen LogP contribution < -0.4 is 10.6 Å². The maximum absolute atomic E-state index is 8.87. The van der Waals surface area contributed by atoms with Crippen LogP contribution in [0, 0.1) is 11.3 Å². The number of pyridine rings is 1. The molecule has 4 heteroatoms. The average molecular weight is 274 g/mol. The van der Waals surface area contributed by atoms with Crippen molar-refractivity contribution in [3.63, 3.8) is 0 Å². The Bertz CT molecular complexity index is 832. The Morgan fingerprint density at radius 1 is 1.10 bits per heavy atom. The first-order valence-corrected chi connectivity index (χ1v) is 6.58. The van der Waals surface area contributed by atoms with Crippen LogP contribution in [0.5, 0.6) is 0 Å². The van der Waals surface area contributed by atoms with Crippen LogP contribution >= 0.6 is 0 Å². The number of hydrogen-bond acceptors (Lipinski definition) is 4. The molecule has 0 unspecified atom stereocenters. The second kappa shape index (κ2) is 5.14. The van der Waals surface area contributed by atoms with E-state index in [-0.39, 0.29) is 0 Å². The summed E-state index contributed by atoms with van der Waals surface area (Å²) in [7, 11) is 1.99. The summed E-state index contributed by atoms with van der Waals surface area (Å²) in [6, 6.07) is 17.4. The molecule has 3 rings (SSSR count). The van der Waals surface area contributed by atoms with Crippen LogP contribution in [0.1, 0.15) is 5.56 Å². The number of aromatic nitrogens is 1. The zero-order valence-corrected chi connectivity index (χ0v) is 11.6. The normalized spacial score (nSPS) is 10.3. The summed E-state index contributed by atoms with van der Waals surface area (Å²) in [6.45, 7) is 0. The van der Waals surface area contributed by atoms with Crippen LogP contribution in [0.3, 0.4) is 0 Å². The molecular weight excluding hydrogens is 260 g/mol. The van der Waals surface area contributed by atoms with Gasteiger partial charge in [0.25, 0.3) is 0 Å². The number of rotatable bonds is 2. The number of hydrogen-bond donors (Lipinski definition) is 1. The fraction of sp³-hybridized carbons (Fsp3) is 0.0588. The number of fused-ring (bicyclic) bond motifs is 1. The molecule has 0 radical (unpaired) electrons. The second-order valence-corrected chi connectivity index (χ2v) is 4.79. The largest absolute Gasteiger partial charge is 0.397 e. The highest BCUT2D eigenvalue weighted by Gasteiger charge is 2.10. The van der Waals surface area contributed by atoms with Crippen LogP contribution in [0.15, 0.2) is 54.7 Å². The van der Waals surface area contributed by atoms with Gasteiger partial charge in [-0.05, 0) is 48.5 Å². The van der Waals surface area contributed by atoms with Gasteiger partial charge < -0.3 is 10.6 Å². The Labute approximate surface area is 123 Å². The zero-order chi connectivity index (χ0) is 14.8. The molecule has 1 aromatic heterocycles. The van der Waals surface area contributed by atoms with Crippen LogP contribution in [0.25, 0.3) is 10.9 Å². The van der Waals surface area contributed by atoms with E-state index in [1.54, 1.807) is 6.20 Å². The topological polar surface area (TPSA) is 65.9 Å². The van der Waals surface area contributed by atoms with Gasteiger partial charge in [0.2, 0.25) is 0 Å². The summed E-state index contributed by atoms with van der Waals surface area (Å²) in [5.41, 5.74) is 10.1. The minimum absolute atomic E-state index is 0.649. The smallest absolute Gasteiger partial charge is 0.0991 e. The van der Waals surface area contributed by atoms with Gasteiger partial charge in [0.05, 0.1) is 28.5 Å². The fourth-order valence-corrected chi connectivity index (χ4v) is 2.37. The lowest BCUT2D eigenvalue weighted by molar-refractivity contribution is 1.22. The summed E-state index contributed by atoms with van der Waals surface area (Å²) in [4.78, 5) is 6.41. The second-order valence-electron chi connectivity index (χ2n) is 4.79. The van der Waals surface area contributed by atoms with Gasteiger partial charge in [-0.1, -0.05) is 0 Å². The SMILES string of the molecule is CN(c1ccc(C#N)cc1)c1ccc(N)c2ncccc12. The maximum Gasteiger partial charge on any atom is 0.0991 e.